The summed E-state index contributed by atoms with van der Waals surface area (Å²) >= 11 is 7.65. The Morgan fingerprint density at radius 3 is 2.38 bits per heavy atom. The summed E-state index contributed by atoms with van der Waals surface area (Å²) in [7, 11) is 0. The Morgan fingerprint density at radius 1 is 0.973 bits per heavy atom. The van der Waals surface area contributed by atoms with Crippen molar-refractivity contribution in [1.29, 1.82) is 0 Å². The van der Waals surface area contributed by atoms with Crippen molar-refractivity contribution >= 4 is 72.4 Å². The lowest BCUT2D eigenvalue weighted by molar-refractivity contribution is -0.127. The third-order valence-corrected chi connectivity index (χ3v) is 7.12. The van der Waals surface area contributed by atoms with E-state index in [0.29, 0.717) is 36.0 Å². The first-order chi connectivity index (χ1) is 17.8. The monoisotopic (exact) mass is 644 g/mol. The first-order valence-electron chi connectivity index (χ1n) is 11.3. The number of benzene rings is 3. The number of anilines is 1. The van der Waals surface area contributed by atoms with Gasteiger partial charge in [-0.2, -0.15) is 0 Å². The minimum atomic E-state index is -0.532. The topological polar surface area (TPSA) is 84.9 Å². The van der Waals surface area contributed by atoms with Crippen molar-refractivity contribution in [1.82, 2.24) is 4.90 Å². The Morgan fingerprint density at radius 2 is 1.68 bits per heavy atom. The quantitative estimate of drug-likeness (QED) is 0.256. The number of nitrogens with zero attached hydrogens (tertiary/aromatic N) is 1. The van der Waals surface area contributed by atoms with Gasteiger partial charge < -0.3 is 14.8 Å². The molecule has 37 heavy (non-hydrogen) atoms. The number of amides is 3. The van der Waals surface area contributed by atoms with E-state index in [4.69, 9.17) is 9.47 Å². The Balaban J connectivity index is 1.44. The van der Waals surface area contributed by atoms with Gasteiger partial charge in [0.05, 0.1) is 11.5 Å². The zero-order valence-electron chi connectivity index (χ0n) is 19.7. The van der Waals surface area contributed by atoms with Crippen LogP contribution in [0.3, 0.4) is 0 Å². The highest BCUT2D eigenvalue weighted by atomic mass is 79.9. The molecule has 0 aliphatic carbocycles. The first kappa shape index (κ1) is 27.0. The predicted molar refractivity (Wildman–Crippen MR) is 152 cm³/mol. The highest BCUT2D eigenvalue weighted by molar-refractivity contribution is 9.10. The van der Waals surface area contributed by atoms with E-state index in [9.17, 15) is 14.4 Å². The molecule has 1 aliphatic heterocycles. The van der Waals surface area contributed by atoms with Crippen molar-refractivity contribution in [3.63, 3.8) is 0 Å². The third-order valence-electron chi connectivity index (χ3n) is 5.19. The number of nitrogens with one attached hydrogen (secondary N) is 1. The summed E-state index contributed by atoms with van der Waals surface area (Å²) in [6.45, 7) is 2.37. The summed E-state index contributed by atoms with van der Waals surface area (Å²) < 4.78 is 13.2. The Labute approximate surface area is 235 Å². The largest absolute Gasteiger partial charge is 0.494 e. The molecule has 1 N–H and O–H groups in total. The number of hydrogen-bond donors (Lipinski definition) is 1. The van der Waals surface area contributed by atoms with E-state index < -0.39 is 17.1 Å². The SMILES string of the molecule is CCOc1ccc(NC(=O)CN2C(=O)S/C(=C/c3cc(Br)ccc3OCc3ccc(Br)cc3)C2=O)cc1. The summed E-state index contributed by atoms with van der Waals surface area (Å²) in [5, 5.41) is 2.19. The van der Waals surface area contributed by atoms with Crippen LogP contribution in [-0.2, 0) is 16.2 Å². The fourth-order valence-electron chi connectivity index (χ4n) is 3.43. The molecule has 3 amide bonds. The van der Waals surface area contributed by atoms with Crippen LogP contribution in [0.2, 0.25) is 0 Å². The van der Waals surface area contributed by atoms with Gasteiger partial charge in [-0.3, -0.25) is 19.3 Å². The maximum absolute atomic E-state index is 13.0. The zero-order valence-corrected chi connectivity index (χ0v) is 23.7. The van der Waals surface area contributed by atoms with Crippen LogP contribution < -0.4 is 14.8 Å². The van der Waals surface area contributed by atoms with E-state index in [1.54, 1.807) is 36.4 Å². The van der Waals surface area contributed by atoms with Crippen molar-refractivity contribution in [3.05, 3.63) is 91.7 Å². The average molecular weight is 646 g/mol. The maximum atomic E-state index is 13.0. The number of rotatable bonds is 9. The average Bonchev–Trinajstić information content (AvgIpc) is 3.13. The van der Waals surface area contributed by atoms with Crippen molar-refractivity contribution in [2.75, 3.05) is 18.5 Å². The van der Waals surface area contributed by atoms with Gasteiger partial charge in [-0.25, -0.2) is 0 Å². The summed E-state index contributed by atoms with van der Waals surface area (Å²) in [4.78, 5) is 39.2. The van der Waals surface area contributed by atoms with Crippen LogP contribution in [0.1, 0.15) is 18.1 Å². The van der Waals surface area contributed by atoms with Gasteiger partial charge in [0.2, 0.25) is 5.91 Å². The molecule has 4 rings (SSSR count). The van der Waals surface area contributed by atoms with E-state index in [1.165, 1.54) is 0 Å². The van der Waals surface area contributed by atoms with E-state index in [-0.39, 0.29) is 11.4 Å². The molecular formula is C27H22Br2N2O5S. The molecule has 190 valence electrons. The molecule has 1 saturated heterocycles. The fraction of sp³-hybridized carbons (Fsp3) is 0.148. The Hall–Kier alpha value is -3.08. The van der Waals surface area contributed by atoms with Gasteiger partial charge in [-0.05, 0) is 84.9 Å². The minimum Gasteiger partial charge on any atom is -0.494 e. The number of imide groups is 1. The molecule has 1 fully saturated rings. The van der Waals surface area contributed by atoms with Crippen LogP contribution in [0.25, 0.3) is 6.08 Å². The predicted octanol–water partition coefficient (Wildman–Crippen LogP) is 6.86. The van der Waals surface area contributed by atoms with Crippen LogP contribution in [0.15, 0.2) is 80.6 Å². The molecule has 1 aliphatic rings. The van der Waals surface area contributed by atoms with E-state index in [2.05, 4.69) is 37.2 Å². The molecule has 0 spiro atoms. The number of carbonyl (C=O) groups is 3. The molecule has 3 aromatic carbocycles. The van der Waals surface area contributed by atoms with E-state index in [1.807, 2.05) is 43.3 Å². The van der Waals surface area contributed by atoms with E-state index in [0.717, 1.165) is 31.2 Å². The van der Waals surface area contributed by atoms with Crippen molar-refractivity contribution in [2.45, 2.75) is 13.5 Å². The molecule has 0 radical (unpaired) electrons. The lowest BCUT2D eigenvalue weighted by atomic mass is 10.1. The number of halogens is 2. The van der Waals surface area contributed by atoms with Crippen molar-refractivity contribution in [2.24, 2.45) is 0 Å². The van der Waals surface area contributed by atoms with Gasteiger partial charge >= 0.3 is 0 Å². The molecule has 0 atom stereocenters. The second-order valence-corrected chi connectivity index (χ2v) is 10.7. The summed E-state index contributed by atoms with van der Waals surface area (Å²) in [5.74, 6) is 0.236. The second-order valence-electron chi connectivity index (χ2n) is 7.87. The minimum absolute atomic E-state index is 0.213. The van der Waals surface area contributed by atoms with Gasteiger partial charge in [0, 0.05) is 20.2 Å². The molecule has 10 heteroatoms. The Bertz CT molecular complexity index is 1340. The molecule has 3 aromatic rings. The summed E-state index contributed by atoms with van der Waals surface area (Å²) in [6, 6.07) is 20.1. The van der Waals surface area contributed by atoms with E-state index >= 15 is 0 Å². The number of carbonyl (C=O) groups excluding carboxylic acids is 3. The first-order valence-corrected chi connectivity index (χ1v) is 13.7. The van der Waals surface area contributed by atoms with Crippen molar-refractivity contribution in [3.8, 4) is 11.5 Å². The molecule has 0 saturated carbocycles. The highest BCUT2D eigenvalue weighted by Gasteiger charge is 2.36. The zero-order chi connectivity index (χ0) is 26.4. The number of thioether (sulfide) groups is 1. The van der Waals surface area contributed by atoms with Gasteiger partial charge in [0.25, 0.3) is 11.1 Å². The molecule has 7 nitrogen and oxygen atoms in total. The van der Waals surface area contributed by atoms with Crippen LogP contribution in [0.4, 0.5) is 10.5 Å². The maximum Gasteiger partial charge on any atom is 0.294 e. The van der Waals surface area contributed by atoms with Crippen LogP contribution in [0, 0.1) is 0 Å². The molecule has 1 heterocycles. The van der Waals surface area contributed by atoms with Crippen molar-refractivity contribution < 1.29 is 23.9 Å². The normalized spacial score (nSPS) is 14.2. The standard InChI is InChI=1S/C27H22Br2N2O5S/c1-2-35-22-10-8-21(9-11-22)30-25(32)15-31-26(33)24(37-27(31)34)14-18-13-20(29)7-12-23(18)36-16-17-3-5-19(28)6-4-17/h3-14H,2,15-16H2,1H3,(H,30,32)/b24-14+. The molecule has 0 unspecified atom stereocenters. The lowest BCUT2D eigenvalue weighted by Gasteiger charge is -2.13. The second kappa shape index (κ2) is 12.4. The molecular weight excluding hydrogens is 624 g/mol. The fourth-order valence-corrected chi connectivity index (χ4v) is 4.90. The summed E-state index contributed by atoms with van der Waals surface area (Å²) in [6.07, 6.45) is 1.61. The number of ether oxygens (including phenoxy) is 2. The van der Waals surface area contributed by atoms with Crippen LogP contribution in [0.5, 0.6) is 11.5 Å². The third kappa shape index (κ3) is 7.24. The lowest BCUT2D eigenvalue weighted by Crippen LogP contribution is -2.36. The Kier molecular flexibility index (Phi) is 9.07. The highest BCUT2D eigenvalue weighted by Crippen LogP contribution is 2.35. The van der Waals surface area contributed by atoms with Gasteiger partial charge in [-0.15, -0.1) is 0 Å². The molecule has 0 bridgehead atoms. The van der Waals surface area contributed by atoms with Crippen LogP contribution in [-0.4, -0.2) is 35.1 Å². The van der Waals surface area contributed by atoms with Crippen LogP contribution >= 0.6 is 43.6 Å². The smallest absolute Gasteiger partial charge is 0.294 e. The van der Waals surface area contributed by atoms with Gasteiger partial charge in [0.1, 0.15) is 24.7 Å². The number of hydrogen-bond acceptors (Lipinski definition) is 6. The molecule has 0 aromatic heterocycles. The summed E-state index contributed by atoms with van der Waals surface area (Å²) in [5.41, 5.74) is 2.16. The van der Waals surface area contributed by atoms with Gasteiger partial charge in [0.15, 0.2) is 0 Å². The van der Waals surface area contributed by atoms with Gasteiger partial charge in [-0.1, -0.05) is 44.0 Å².